The fraction of sp³-hybridized carbons (Fsp3) is 0. The third-order valence-corrected chi connectivity index (χ3v) is 4.10. The molecule has 4 aromatic rings. The van der Waals surface area contributed by atoms with E-state index in [2.05, 4.69) is 17.2 Å². The smallest absolute Gasteiger partial charge is 0.277 e. The molecule has 0 bridgehead atoms. The summed E-state index contributed by atoms with van der Waals surface area (Å²) in [5.74, 6) is 0.943. The molecule has 3 aromatic carbocycles. The van der Waals surface area contributed by atoms with Gasteiger partial charge in [-0.2, -0.15) is 0 Å². The maximum Gasteiger partial charge on any atom is 0.277 e. The first-order valence-electron chi connectivity index (χ1n) is 7.73. The Morgan fingerprint density at radius 3 is 1.88 bits per heavy atom. The molecule has 116 valence electrons. The van der Waals surface area contributed by atoms with Crippen molar-refractivity contribution >= 4 is 12.6 Å². The summed E-state index contributed by atoms with van der Waals surface area (Å²) in [4.78, 5) is 0. The van der Waals surface area contributed by atoms with Gasteiger partial charge in [-0.05, 0) is 36.4 Å². The number of para-hydroxylation sites is 2. The summed E-state index contributed by atoms with van der Waals surface area (Å²) in [5, 5.41) is 5.16. The van der Waals surface area contributed by atoms with Gasteiger partial charge in [0.05, 0.1) is 5.56 Å². The van der Waals surface area contributed by atoms with E-state index in [0.717, 1.165) is 22.8 Å². The molecule has 1 heterocycles. The Balaban J connectivity index is 2.03. The first-order chi connectivity index (χ1) is 11.8. The topological polar surface area (TPSA) is 21.7 Å². The highest BCUT2D eigenvalue weighted by atomic mass is 32.1. The van der Waals surface area contributed by atoms with E-state index >= 15 is 0 Å². The molecule has 0 spiro atoms. The van der Waals surface area contributed by atoms with Gasteiger partial charge >= 0.3 is 0 Å². The molecule has 24 heavy (non-hydrogen) atoms. The fourth-order valence-corrected chi connectivity index (χ4v) is 3.03. The molecule has 0 aliphatic carbocycles. The highest BCUT2D eigenvalue weighted by molar-refractivity contribution is 7.58. The van der Waals surface area contributed by atoms with Crippen molar-refractivity contribution in [3.63, 3.8) is 0 Å². The van der Waals surface area contributed by atoms with Crippen LogP contribution < -0.4 is 4.57 Å². The summed E-state index contributed by atoms with van der Waals surface area (Å²) in [7, 11) is 0. The molecule has 3 nitrogen and oxygen atoms in total. The van der Waals surface area contributed by atoms with Crippen LogP contribution in [0.3, 0.4) is 0 Å². The van der Waals surface area contributed by atoms with Gasteiger partial charge in [0.1, 0.15) is 11.4 Å². The largest absolute Gasteiger partial charge is 0.702 e. The zero-order chi connectivity index (χ0) is 16.4. The number of hydrogen-bond donors (Lipinski definition) is 0. The fourth-order valence-electron chi connectivity index (χ4n) is 2.76. The van der Waals surface area contributed by atoms with Crippen LogP contribution >= 0.6 is 0 Å². The first kappa shape index (κ1) is 14.6. The molecule has 0 atom stereocenters. The van der Waals surface area contributed by atoms with E-state index < -0.39 is 0 Å². The van der Waals surface area contributed by atoms with Crippen molar-refractivity contribution in [3.05, 3.63) is 91.0 Å². The number of rotatable bonds is 3. The highest BCUT2D eigenvalue weighted by Gasteiger charge is 2.24. The van der Waals surface area contributed by atoms with Crippen molar-refractivity contribution in [1.82, 2.24) is 9.78 Å². The van der Waals surface area contributed by atoms with Gasteiger partial charge in [-0.25, -0.2) is 4.57 Å². The normalized spacial score (nSPS) is 10.7. The minimum atomic E-state index is 0.531. The van der Waals surface area contributed by atoms with Gasteiger partial charge in [0.15, 0.2) is 5.16 Å². The second-order valence-electron chi connectivity index (χ2n) is 5.39. The van der Waals surface area contributed by atoms with Crippen LogP contribution in [-0.4, -0.2) is 9.78 Å². The van der Waals surface area contributed by atoms with Crippen LogP contribution in [0.5, 0.6) is 0 Å². The molecule has 0 fully saturated rings. The molecule has 0 N–H and O–H groups in total. The van der Waals surface area contributed by atoms with Crippen molar-refractivity contribution in [3.8, 4) is 22.8 Å². The number of nitrogens with zero attached hydrogens (tertiary/aromatic N) is 3. The second kappa shape index (κ2) is 6.26. The van der Waals surface area contributed by atoms with Crippen molar-refractivity contribution in [2.75, 3.05) is 0 Å². The standard InChI is InChI=1S/C20H15N3S/c24-20-21-23(18-14-8-3-9-15-18)19(16-10-4-1-5-11-16)22(20)17-12-6-2-7-13-17/h1-15H. The van der Waals surface area contributed by atoms with Gasteiger partial charge in [-0.3, -0.25) is 0 Å². The zero-order valence-electron chi connectivity index (χ0n) is 12.9. The SMILES string of the molecule is [S-]c1nn(-c2ccccc2)c(-c2ccccc2)[n+]1-c1ccccc1. The summed E-state index contributed by atoms with van der Waals surface area (Å²) in [5.41, 5.74) is 3.05. The number of hydrogen-bond acceptors (Lipinski definition) is 2. The quantitative estimate of drug-likeness (QED) is 0.422. The lowest BCUT2D eigenvalue weighted by molar-refractivity contribution is -0.625. The Morgan fingerprint density at radius 1 is 0.708 bits per heavy atom. The Bertz CT molecular complexity index is 948. The third-order valence-electron chi connectivity index (χ3n) is 3.84. The molecule has 0 saturated carbocycles. The molecule has 0 amide bonds. The summed E-state index contributed by atoms with van der Waals surface area (Å²) >= 11 is 5.57. The monoisotopic (exact) mass is 329 g/mol. The lowest BCUT2D eigenvalue weighted by Gasteiger charge is -2.07. The number of benzene rings is 3. The van der Waals surface area contributed by atoms with Crippen LogP contribution in [0, 0.1) is 0 Å². The molecule has 0 unspecified atom stereocenters. The minimum Gasteiger partial charge on any atom is -0.702 e. The Kier molecular flexibility index (Phi) is 3.81. The highest BCUT2D eigenvalue weighted by Crippen LogP contribution is 2.21. The van der Waals surface area contributed by atoms with Gasteiger partial charge < -0.3 is 12.6 Å². The summed E-state index contributed by atoms with van der Waals surface area (Å²) in [6.45, 7) is 0. The molecule has 4 heteroatoms. The lowest BCUT2D eigenvalue weighted by Crippen LogP contribution is -2.34. The second-order valence-corrected chi connectivity index (χ2v) is 5.76. The zero-order valence-corrected chi connectivity index (χ0v) is 13.7. The predicted octanol–water partition coefficient (Wildman–Crippen LogP) is 3.72. The van der Waals surface area contributed by atoms with Crippen LogP contribution in [0.1, 0.15) is 0 Å². The van der Waals surface area contributed by atoms with Crippen molar-refractivity contribution in [1.29, 1.82) is 0 Å². The Hall–Kier alpha value is -2.98. The van der Waals surface area contributed by atoms with E-state index in [0.29, 0.717) is 5.16 Å². The summed E-state index contributed by atoms with van der Waals surface area (Å²) < 4.78 is 3.92. The molecule has 0 radical (unpaired) electrons. The average Bonchev–Trinajstić information content (AvgIpc) is 3.01. The van der Waals surface area contributed by atoms with E-state index in [-0.39, 0.29) is 0 Å². The lowest BCUT2D eigenvalue weighted by atomic mass is 10.2. The maximum atomic E-state index is 5.57. The third kappa shape index (κ3) is 2.57. The van der Waals surface area contributed by atoms with E-state index in [1.165, 1.54) is 0 Å². The van der Waals surface area contributed by atoms with Crippen LogP contribution in [0.4, 0.5) is 0 Å². The van der Waals surface area contributed by atoms with Crippen molar-refractivity contribution < 1.29 is 4.57 Å². The molecular weight excluding hydrogens is 314 g/mol. The molecule has 0 aliphatic heterocycles. The van der Waals surface area contributed by atoms with Gasteiger partial charge in [0, 0.05) is 5.10 Å². The molecule has 1 aromatic heterocycles. The average molecular weight is 329 g/mol. The van der Waals surface area contributed by atoms with Crippen molar-refractivity contribution in [2.24, 2.45) is 0 Å². The number of aromatic nitrogens is 3. The van der Waals surface area contributed by atoms with Gasteiger partial charge in [-0.1, -0.05) is 59.3 Å². The molecule has 4 rings (SSSR count). The van der Waals surface area contributed by atoms with Gasteiger partial charge in [-0.15, -0.1) is 0 Å². The van der Waals surface area contributed by atoms with E-state index in [4.69, 9.17) is 12.6 Å². The van der Waals surface area contributed by atoms with Crippen LogP contribution in [0.25, 0.3) is 22.8 Å². The van der Waals surface area contributed by atoms with Crippen LogP contribution in [0.2, 0.25) is 0 Å². The van der Waals surface area contributed by atoms with E-state index in [9.17, 15) is 0 Å². The van der Waals surface area contributed by atoms with E-state index in [1.54, 1.807) is 0 Å². The van der Waals surface area contributed by atoms with Crippen molar-refractivity contribution in [2.45, 2.75) is 5.16 Å². The molecular formula is C20H15N3S. The summed E-state index contributed by atoms with van der Waals surface area (Å²) in [6, 6.07) is 30.4. The first-order valence-corrected chi connectivity index (χ1v) is 8.14. The Labute approximate surface area is 146 Å². The minimum absolute atomic E-state index is 0.531. The van der Waals surface area contributed by atoms with Gasteiger partial charge in [0.2, 0.25) is 0 Å². The van der Waals surface area contributed by atoms with Gasteiger partial charge in [0.25, 0.3) is 5.82 Å². The molecule has 0 aliphatic rings. The van der Waals surface area contributed by atoms with Crippen LogP contribution in [-0.2, 0) is 12.6 Å². The Morgan fingerprint density at radius 2 is 1.25 bits per heavy atom. The van der Waals surface area contributed by atoms with Crippen LogP contribution in [0.15, 0.2) is 96.2 Å². The predicted molar refractivity (Wildman–Crippen MR) is 96.2 cm³/mol. The van der Waals surface area contributed by atoms with E-state index in [1.807, 2.05) is 88.1 Å². The molecule has 0 saturated heterocycles. The maximum absolute atomic E-state index is 5.57. The summed E-state index contributed by atoms with van der Waals surface area (Å²) in [6.07, 6.45) is 0.